The van der Waals surface area contributed by atoms with Crippen molar-refractivity contribution in [2.45, 2.75) is 18.8 Å². The monoisotopic (exact) mass is 798 g/mol. The zero-order chi connectivity index (χ0) is 40.5. The number of allylic oxidation sites excluding steroid dienone is 1. The molecule has 61 heavy (non-hydrogen) atoms. The van der Waals surface area contributed by atoms with Gasteiger partial charge in [0.15, 0.2) is 17.5 Å². The summed E-state index contributed by atoms with van der Waals surface area (Å²) in [5.41, 5.74) is 11.2. The summed E-state index contributed by atoms with van der Waals surface area (Å²) in [5.74, 6) is 1.97. The molecule has 1 atom stereocenters. The highest BCUT2D eigenvalue weighted by Crippen LogP contribution is 2.52. The molecule has 1 aliphatic rings. The largest absolute Gasteiger partial charge is 0.313 e. The predicted octanol–water partition coefficient (Wildman–Crippen LogP) is 14.7. The minimum absolute atomic E-state index is 0.373. The Hall–Kier alpha value is -7.47. The highest BCUT2D eigenvalue weighted by molar-refractivity contribution is 7.19. The first-order valence-electron chi connectivity index (χ1n) is 20.8. The smallest absolute Gasteiger partial charge is 0.164 e. The maximum atomic E-state index is 5.13. The van der Waals surface area contributed by atoms with Gasteiger partial charge in [-0.2, -0.15) is 0 Å². The van der Waals surface area contributed by atoms with E-state index in [1.807, 2.05) is 47.7 Å². The third-order valence-electron chi connectivity index (χ3n) is 12.5. The van der Waals surface area contributed by atoms with Crippen LogP contribution in [-0.4, -0.2) is 19.5 Å². The molecule has 0 bridgehead atoms. The Morgan fingerprint density at radius 2 is 1.07 bits per heavy atom. The van der Waals surface area contributed by atoms with E-state index >= 15 is 0 Å². The Morgan fingerprint density at radius 1 is 0.475 bits per heavy atom. The average Bonchev–Trinajstić information content (AvgIpc) is 3.88. The third kappa shape index (κ3) is 5.84. The van der Waals surface area contributed by atoms with Gasteiger partial charge >= 0.3 is 0 Å². The molecule has 8 aromatic carbocycles. The molecule has 0 saturated carbocycles. The van der Waals surface area contributed by atoms with Gasteiger partial charge in [-0.15, -0.1) is 11.3 Å². The number of fused-ring (bicyclic) bond motifs is 7. The topological polar surface area (TPSA) is 43.6 Å². The second-order valence-corrected chi connectivity index (χ2v) is 17.3. The number of aromatic nitrogens is 4. The lowest BCUT2D eigenvalue weighted by Crippen LogP contribution is -2.27. The van der Waals surface area contributed by atoms with Gasteiger partial charge in [-0.05, 0) is 63.4 Å². The van der Waals surface area contributed by atoms with Crippen molar-refractivity contribution in [3.8, 4) is 45.3 Å². The van der Waals surface area contributed by atoms with Crippen LogP contribution < -0.4 is 0 Å². The molecule has 288 valence electrons. The van der Waals surface area contributed by atoms with Gasteiger partial charge in [-0.25, -0.2) is 15.0 Å². The first-order valence-corrected chi connectivity index (χ1v) is 21.6. The quantitative estimate of drug-likeness (QED) is 0.168. The Labute approximate surface area is 357 Å². The molecular formula is C56H38N4S. The van der Waals surface area contributed by atoms with E-state index in [1.165, 1.54) is 75.5 Å². The third-order valence-corrected chi connectivity index (χ3v) is 14.0. The average molecular weight is 799 g/mol. The summed E-state index contributed by atoms with van der Waals surface area (Å²) in [5, 5.41) is 6.30. The lowest BCUT2D eigenvalue weighted by Gasteiger charge is -2.35. The van der Waals surface area contributed by atoms with Crippen molar-refractivity contribution in [3.63, 3.8) is 0 Å². The van der Waals surface area contributed by atoms with Crippen molar-refractivity contribution in [2.24, 2.45) is 0 Å². The zero-order valence-corrected chi connectivity index (χ0v) is 34.3. The number of hydrogen-bond acceptors (Lipinski definition) is 4. The fraction of sp³-hybridized carbons (Fsp3) is 0.0536. The van der Waals surface area contributed by atoms with Crippen molar-refractivity contribution in [1.82, 2.24) is 19.5 Å². The van der Waals surface area contributed by atoms with E-state index in [1.54, 1.807) is 0 Å². The SMILES string of the molecule is CC1(c2cccc(-c3nc(-c4ccccc4)nc(-c4ccccc4)n3)c2)CC(n2c3ccccc3c3ccc(-c4cccc5ccccc45)cc32)=Cc2c1sc1ccccc21. The molecule has 5 heteroatoms. The minimum atomic E-state index is -0.373. The van der Waals surface area contributed by atoms with E-state index in [9.17, 15) is 0 Å². The summed E-state index contributed by atoms with van der Waals surface area (Å²) in [4.78, 5) is 16.6. The van der Waals surface area contributed by atoms with E-state index in [0.717, 1.165) is 23.1 Å². The standard InChI is InChI=1S/C56H38N4S/c1-56(41-23-14-22-40(32-41)55-58-53(37-17-4-2-5-18-37)57-54(59-55)38-19-6-3-7-20-38)35-42(34-48-47-26-11-13-29-51(47)61-52(48)56)60-49-28-12-10-25-45(49)46-31-30-39(33-50(46)60)44-27-15-21-36-16-8-9-24-43(36)44/h2-34H,35H2,1H3. The Kier molecular flexibility index (Phi) is 8.19. The van der Waals surface area contributed by atoms with E-state index in [-0.39, 0.29) is 5.41 Å². The van der Waals surface area contributed by atoms with Gasteiger partial charge in [0, 0.05) is 60.0 Å². The number of benzene rings is 8. The number of rotatable bonds is 6. The van der Waals surface area contributed by atoms with E-state index in [2.05, 4.69) is 175 Å². The van der Waals surface area contributed by atoms with Gasteiger partial charge in [-0.3, -0.25) is 0 Å². The molecule has 0 radical (unpaired) electrons. The van der Waals surface area contributed by atoms with E-state index < -0.39 is 0 Å². The molecule has 0 amide bonds. The molecule has 3 aromatic heterocycles. The Morgan fingerprint density at radius 3 is 1.84 bits per heavy atom. The van der Waals surface area contributed by atoms with Crippen LogP contribution in [0.4, 0.5) is 0 Å². The molecule has 0 saturated heterocycles. The highest BCUT2D eigenvalue weighted by Gasteiger charge is 2.39. The maximum absolute atomic E-state index is 5.13. The van der Waals surface area contributed by atoms with Crippen molar-refractivity contribution in [3.05, 3.63) is 210 Å². The molecule has 1 unspecified atom stereocenters. The second kappa shape index (κ2) is 14.1. The van der Waals surface area contributed by atoms with Crippen LogP contribution in [0.5, 0.6) is 0 Å². The van der Waals surface area contributed by atoms with Crippen LogP contribution in [0.2, 0.25) is 0 Å². The molecule has 0 fully saturated rings. The number of thiophene rings is 1. The lowest BCUT2D eigenvalue weighted by molar-refractivity contribution is 0.587. The summed E-state index contributed by atoms with van der Waals surface area (Å²) < 4.78 is 3.84. The van der Waals surface area contributed by atoms with Gasteiger partial charge in [0.2, 0.25) is 0 Å². The number of nitrogens with zero attached hydrogens (tertiary/aromatic N) is 4. The van der Waals surface area contributed by atoms with E-state index in [0.29, 0.717) is 17.5 Å². The van der Waals surface area contributed by atoms with Gasteiger partial charge in [-0.1, -0.05) is 177 Å². The van der Waals surface area contributed by atoms with Crippen LogP contribution in [0, 0.1) is 0 Å². The second-order valence-electron chi connectivity index (χ2n) is 16.2. The van der Waals surface area contributed by atoms with Crippen molar-refractivity contribution >= 4 is 65.8 Å². The normalized spacial score (nSPS) is 15.1. The summed E-state index contributed by atoms with van der Waals surface area (Å²) in [6.07, 6.45) is 3.27. The zero-order valence-electron chi connectivity index (χ0n) is 33.5. The molecule has 11 aromatic rings. The first-order chi connectivity index (χ1) is 30.1. The minimum Gasteiger partial charge on any atom is -0.313 e. The van der Waals surface area contributed by atoms with Crippen LogP contribution >= 0.6 is 11.3 Å². The Balaban J connectivity index is 1.05. The number of para-hydroxylation sites is 1. The van der Waals surface area contributed by atoms with Crippen molar-refractivity contribution < 1.29 is 0 Å². The molecular weight excluding hydrogens is 761 g/mol. The van der Waals surface area contributed by atoms with Gasteiger partial charge in [0.05, 0.1) is 11.0 Å². The molecule has 1 aliphatic carbocycles. The molecule has 4 nitrogen and oxygen atoms in total. The lowest BCUT2D eigenvalue weighted by atomic mass is 9.72. The van der Waals surface area contributed by atoms with Gasteiger partial charge in [0.1, 0.15) is 0 Å². The summed E-state index contributed by atoms with van der Waals surface area (Å²) in [7, 11) is 0. The summed E-state index contributed by atoms with van der Waals surface area (Å²) in [6, 6.07) is 69.4. The molecule has 0 N–H and O–H groups in total. The Bertz CT molecular complexity index is 3460. The van der Waals surface area contributed by atoms with Crippen LogP contribution in [0.15, 0.2) is 194 Å². The molecule has 12 rings (SSSR count). The fourth-order valence-corrected chi connectivity index (χ4v) is 10.9. The molecule has 0 aliphatic heterocycles. The summed E-state index contributed by atoms with van der Waals surface area (Å²) >= 11 is 1.91. The molecule has 0 spiro atoms. The first kappa shape index (κ1) is 35.5. The van der Waals surface area contributed by atoms with Gasteiger partial charge < -0.3 is 4.57 Å². The predicted molar refractivity (Wildman–Crippen MR) is 256 cm³/mol. The van der Waals surface area contributed by atoms with Gasteiger partial charge in [0.25, 0.3) is 0 Å². The maximum Gasteiger partial charge on any atom is 0.164 e. The molecule has 3 heterocycles. The highest BCUT2D eigenvalue weighted by atomic mass is 32.1. The fourth-order valence-electron chi connectivity index (χ4n) is 9.52. The van der Waals surface area contributed by atoms with E-state index in [4.69, 9.17) is 15.0 Å². The van der Waals surface area contributed by atoms with Crippen LogP contribution in [-0.2, 0) is 5.41 Å². The van der Waals surface area contributed by atoms with Crippen LogP contribution in [0.25, 0.3) is 99.7 Å². The van der Waals surface area contributed by atoms with Crippen molar-refractivity contribution in [2.75, 3.05) is 0 Å². The van der Waals surface area contributed by atoms with Crippen LogP contribution in [0.1, 0.15) is 29.3 Å². The number of hydrogen-bond donors (Lipinski definition) is 0. The summed E-state index contributed by atoms with van der Waals surface area (Å²) in [6.45, 7) is 2.43. The van der Waals surface area contributed by atoms with Crippen LogP contribution in [0.3, 0.4) is 0 Å². The van der Waals surface area contributed by atoms with Crippen molar-refractivity contribution in [1.29, 1.82) is 0 Å².